The molecular weight excluding hydrogens is 320 g/mol. The molecule has 0 aromatic carbocycles. The third kappa shape index (κ3) is 4.60. The fraction of sp³-hybridized carbons (Fsp3) is 0.429. The number of sulfonamides is 1. The molecule has 9 heteroatoms. The van der Waals surface area contributed by atoms with E-state index in [1.54, 1.807) is 0 Å². The van der Waals surface area contributed by atoms with Crippen molar-refractivity contribution >= 4 is 43.4 Å². The molecule has 1 aromatic heterocycles. The van der Waals surface area contributed by atoms with Crippen LogP contribution in [0.3, 0.4) is 0 Å². The minimum Gasteiger partial charge on any atom is -0.369 e. The SMILES string of the molecule is NS(=O)(=O)CCCNc1ncnc(Cl)c1Br. The van der Waals surface area contributed by atoms with Crippen molar-refractivity contribution in [3.63, 3.8) is 0 Å². The Labute approximate surface area is 107 Å². The average Bonchev–Trinajstić information content (AvgIpc) is 2.17. The highest BCUT2D eigenvalue weighted by Crippen LogP contribution is 2.25. The molecule has 3 N–H and O–H groups in total. The van der Waals surface area contributed by atoms with Gasteiger partial charge < -0.3 is 5.32 Å². The normalized spacial score (nSPS) is 11.4. The van der Waals surface area contributed by atoms with Crippen LogP contribution in [-0.2, 0) is 10.0 Å². The third-order valence-electron chi connectivity index (χ3n) is 1.65. The molecule has 0 unspecified atom stereocenters. The van der Waals surface area contributed by atoms with E-state index in [1.165, 1.54) is 6.33 Å². The quantitative estimate of drug-likeness (QED) is 0.620. The van der Waals surface area contributed by atoms with E-state index in [2.05, 4.69) is 31.2 Å². The van der Waals surface area contributed by atoms with E-state index in [4.69, 9.17) is 16.7 Å². The lowest BCUT2D eigenvalue weighted by Crippen LogP contribution is -2.19. The van der Waals surface area contributed by atoms with Crippen molar-refractivity contribution in [3.05, 3.63) is 16.0 Å². The van der Waals surface area contributed by atoms with Crippen molar-refractivity contribution in [2.45, 2.75) is 6.42 Å². The summed E-state index contributed by atoms with van der Waals surface area (Å²) in [4.78, 5) is 7.70. The first-order valence-electron chi connectivity index (χ1n) is 4.30. The predicted molar refractivity (Wildman–Crippen MR) is 65.8 cm³/mol. The van der Waals surface area contributed by atoms with Crippen LogP contribution in [-0.4, -0.2) is 30.7 Å². The van der Waals surface area contributed by atoms with E-state index in [-0.39, 0.29) is 5.75 Å². The number of hydrogen-bond donors (Lipinski definition) is 2. The number of nitrogens with one attached hydrogen (secondary N) is 1. The maximum absolute atomic E-state index is 10.7. The lowest BCUT2D eigenvalue weighted by Gasteiger charge is -2.06. The third-order valence-corrected chi connectivity index (χ3v) is 3.77. The van der Waals surface area contributed by atoms with Gasteiger partial charge in [-0.3, -0.25) is 0 Å². The summed E-state index contributed by atoms with van der Waals surface area (Å²) in [5.74, 6) is 0.450. The van der Waals surface area contributed by atoms with Crippen molar-refractivity contribution in [1.29, 1.82) is 0 Å². The van der Waals surface area contributed by atoms with E-state index in [1.807, 2.05) is 0 Å². The molecule has 16 heavy (non-hydrogen) atoms. The maximum atomic E-state index is 10.7. The molecular formula is C7H10BrClN4O2S. The predicted octanol–water partition coefficient (Wildman–Crippen LogP) is 0.983. The van der Waals surface area contributed by atoms with Gasteiger partial charge in [0.25, 0.3) is 0 Å². The van der Waals surface area contributed by atoms with Crippen molar-refractivity contribution in [2.24, 2.45) is 5.14 Å². The summed E-state index contributed by atoms with van der Waals surface area (Å²) in [7, 11) is -3.41. The van der Waals surface area contributed by atoms with Crippen molar-refractivity contribution in [1.82, 2.24) is 9.97 Å². The summed E-state index contributed by atoms with van der Waals surface area (Å²) in [5, 5.41) is 8.08. The van der Waals surface area contributed by atoms with Gasteiger partial charge in [0.05, 0.1) is 10.2 Å². The molecule has 0 saturated carbocycles. The monoisotopic (exact) mass is 328 g/mol. The van der Waals surface area contributed by atoms with Crippen LogP contribution >= 0.6 is 27.5 Å². The largest absolute Gasteiger partial charge is 0.369 e. The maximum Gasteiger partial charge on any atom is 0.209 e. The molecule has 0 fully saturated rings. The van der Waals surface area contributed by atoms with Crippen LogP contribution in [0.1, 0.15) is 6.42 Å². The molecule has 0 aliphatic carbocycles. The Balaban J connectivity index is 2.47. The number of nitrogens with two attached hydrogens (primary N) is 1. The first kappa shape index (κ1) is 13.6. The van der Waals surface area contributed by atoms with Gasteiger partial charge in [-0.25, -0.2) is 23.5 Å². The van der Waals surface area contributed by atoms with Crippen LogP contribution in [0.5, 0.6) is 0 Å². The van der Waals surface area contributed by atoms with Gasteiger partial charge in [-0.15, -0.1) is 0 Å². The lowest BCUT2D eigenvalue weighted by atomic mass is 10.4. The molecule has 0 radical (unpaired) electrons. The Bertz CT molecular complexity index is 467. The Kier molecular flexibility index (Phi) is 4.90. The standard InChI is InChI=1S/C7H10BrClN4O2S/c8-5-6(9)12-4-13-7(5)11-2-1-3-16(10,14)15/h4H,1-3H2,(H2,10,14,15)(H,11,12,13). The molecule has 0 spiro atoms. The lowest BCUT2D eigenvalue weighted by molar-refractivity contribution is 0.595. The molecule has 6 nitrogen and oxygen atoms in total. The fourth-order valence-corrected chi connectivity index (χ4v) is 1.98. The van der Waals surface area contributed by atoms with Crippen LogP contribution in [0.4, 0.5) is 5.82 Å². The Morgan fingerprint density at radius 2 is 2.19 bits per heavy atom. The Morgan fingerprint density at radius 1 is 1.50 bits per heavy atom. The number of halogens is 2. The van der Waals surface area contributed by atoms with E-state index in [0.717, 1.165) is 0 Å². The Hall–Kier alpha value is -0.440. The molecule has 0 bridgehead atoms. The number of primary sulfonamides is 1. The molecule has 0 aliphatic heterocycles. The molecule has 0 saturated heterocycles. The zero-order valence-corrected chi connectivity index (χ0v) is 11.3. The van der Waals surface area contributed by atoms with Crippen LogP contribution in [0.2, 0.25) is 5.15 Å². The van der Waals surface area contributed by atoms with Gasteiger partial charge in [0.2, 0.25) is 10.0 Å². The molecule has 1 rings (SSSR count). The van der Waals surface area contributed by atoms with E-state index in [9.17, 15) is 8.42 Å². The molecule has 0 amide bonds. The second kappa shape index (κ2) is 5.76. The van der Waals surface area contributed by atoms with Gasteiger partial charge in [-0.2, -0.15) is 0 Å². The van der Waals surface area contributed by atoms with Gasteiger partial charge in [0.15, 0.2) is 0 Å². The van der Waals surface area contributed by atoms with Gasteiger partial charge in [-0.1, -0.05) is 11.6 Å². The van der Waals surface area contributed by atoms with Crippen LogP contribution in [0, 0.1) is 0 Å². The average molecular weight is 330 g/mol. The first-order valence-corrected chi connectivity index (χ1v) is 7.19. The fourth-order valence-electron chi connectivity index (χ4n) is 0.952. The van der Waals surface area contributed by atoms with E-state index in [0.29, 0.717) is 28.4 Å². The molecule has 0 aliphatic rings. The summed E-state index contributed by atoms with van der Waals surface area (Å²) in [5.41, 5.74) is 0. The van der Waals surface area contributed by atoms with Crippen molar-refractivity contribution in [3.8, 4) is 0 Å². The number of rotatable bonds is 5. The highest BCUT2D eigenvalue weighted by atomic mass is 79.9. The summed E-state index contributed by atoms with van der Waals surface area (Å²) < 4.78 is 21.9. The topological polar surface area (TPSA) is 98.0 Å². The van der Waals surface area contributed by atoms with Gasteiger partial charge in [0.1, 0.15) is 17.3 Å². The highest BCUT2D eigenvalue weighted by molar-refractivity contribution is 9.10. The minimum absolute atomic E-state index is 0.0730. The summed E-state index contributed by atoms with van der Waals surface area (Å²) >= 11 is 8.95. The van der Waals surface area contributed by atoms with E-state index >= 15 is 0 Å². The number of hydrogen-bond acceptors (Lipinski definition) is 5. The van der Waals surface area contributed by atoms with E-state index < -0.39 is 10.0 Å². The minimum atomic E-state index is -3.41. The molecule has 0 atom stereocenters. The first-order chi connectivity index (χ1) is 7.40. The number of nitrogens with zero attached hydrogens (tertiary/aromatic N) is 2. The Morgan fingerprint density at radius 3 is 2.81 bits per heavy atom. The van der Waals surface area contributed by atoms with Crippen molar-refractivity contribution in [2.75, 3.05) is 17.6 Å². The molecule has 1 heterocycles. The smallest absolute Gasteiger partial charge is 0.209 e. The van der Waals surface area contributed by atoms with Crippen LogP contribution in [0.25, 0.3) is 0 Å². The van der Waals surface area contributed by atoms with Gasteiger partial charge in [0, 0.05) is 6.54 Å². The van der Waals surface area contributed by atoms with Crippen LogP contribution in [0.15, 0.2) is 10.8 Å². The summed E-state index contributed by atoms with van der Waals surface area (Å²) in [6.45, 7) is 0.433. The summed E-state index contributed by atoms with van der Waals surface area (Å²) in [6.07, 6.45) is 1.71. The summed E-state index contributed by atoms with van der Waals surface area (Å²) in [6, 6.07) is 0. The van der Waals surface area contributed by atoms with Crippen LogP contribution < -0.4 is 10.5 Å². The zero-order chi connectivity index (χ0) is 12.2. The molecule has 90 valence electrons. The second-order valence-corrected chi connectivity index (χ2v) is 5.86. The van der Waals surface area contributed by atoms with Crippen molar-refractivity contribution < 1.29 is 8.42 Å². The highest BCUT2D eigenvalue weighted by Gasteiger charge is 2.06. The molecule has 1 aromatic rings. The number of anilines is 1. The van der Waals surface area contributed by atoms with Gasteiger partial charge in [-0.05, 0) is 22.4 Å². The van der Waals surface area contributed by atoms with Gasteiger partial charge >= 0.3 is 0 Å². The number of aromatic nitrogens is 2. The zero-order valence-electron chi connectivity index (χ0n) is 8.15. The second-order valence-electron chi connectivity index (χ2n) is 2.97.